The molecule has 2 saturated heterocycles. The molecule has 242 valence electrons. The fourth-order valence-electron chi connectivity index (χ4n) is 8.63. The van der Waals surface area contributed by atoms with Crippen LogP contribution in [0.1, 0.15) is 126 Å². The fourth-order valence-corrected chi connectivity index (χ4v) is 8.63. The standard InChI is InChI=1S/C34H60N2O6/c1-11-20-41-35-30(3,4)22-26(23-31(35,5)6)34(29(39)40,19-17-15-13-14-16-18-28(37)38)27-24-32(7,8)36(42-21-12-2)33(9,10)25-27/h11-12,26-27H,1-2,13-25H2,3-10H3,(H,37,38)(H,39,40). The number of nitrogens with zero attached hydrogens (tertiary/aromatic N) is 2. The molecule has 0 radical (unpaired) electrons. The number of piperidine rings is 2. The Morgan fingerprint density at radius 1 is 0.714 bits per heavy atom. The van der Waals surface area contributed by atoms with Crippen LogP contribution in [0, 0.1) is 17.3 Å². The number of carbonyl (C=O) groups is 2. The molecule has 0 aromatic rings. The first-order valence-corrected chi connectivity index (χ1v) is 15.9. The Morgan fingerprint density at radius 3 is 1.40 bits per heavy atom. The van der Waals surface area contributed by atoms with Gasteiger partial charge in [0.2, 0.25) is 0 Å². The lowest BCUT2D eigenvalue weighted by atomic mass is 9.52. The number of unbranched alkanes of at least 4 members (excludes halogenated alkanes) is 4. The molecule has 2 aliphatic rings. The number of carboxylic acids is 2. The lowest BCUT2D eigenvalue weighted by Gasteiger charge is -2.61. The van der Waals surface area contributed by atoms with Crippen LogP contribution in [0.4, 0.5) is 0 Å². The van der Waals surface area contributed by atoms with Crippen LogP contribution in [0.3, 0.4) is 0 Å². The van der Waals surface area contributed by atoms with E-state index in [0.29, 0.717) is 51.7 Å². The Balaban J connectivity index is 2.49. The van der Waals surface area contributed by atoms with E-state index in [1.54, 1.807) is 12.2 Å². The summed E-state index contributed by atoms with van der Waals surface area (Å²) in [6.45, 7) is 25.8. The first kappa shape index (κ1) is 36.5. The number of carboxylic acid groups (broad SMARTS) is 2. The van der Waals surface area contributed by atoms with Crippen LogP contribution in [0.25, 0.3) is 0 Å². The lowest BCUT2D eigenvalue weighted by molar-refractivity contribution is -0.301. The maximum Gasteiger partial charge on any atom is 0.310 e. The predicted molar refractivity (Wildman–Crippen MR) is 168 cm³/mol. The van der Waals surface area contributed by atoms with Crippen molar-refractivity contribution in [2.75, 3.05) is 13.2 Å². The monoisotopic (exact) mass is 592 g/mol. The normalized spacial score (nSPS) is 23.0. The maximum atomic E-state index is 13.8. The van der Waals surface area contributed by atoms with Gasteiger partial charge in [-0.25, -0.2) is 0 Å². The van der Waals surface area contributed by atoms with Crippen LogP contribution < -0.4 is 0 Å². The van der Waals surface area contributed by atoms with Gasteiger partial charge in [0, 0.05) is 28.6 Å². The summed E-state index contributed by atoms with van der Waals surface area (Å²) in [4.78, 5) is 37.1. The molecule has 8 nitrogen and oxygen atoms in total. The van der Waals surface area contributed by atoms with E-state index in [2.05, 4.69) is 78.7 Å². The highest BCUT2D eigenvalue weighted by Gasteiger charge is 2.61. The molecule has 0 atom stereocenters. The van der Waals surface area contributed by atoms with Gasteiger partial charge in [0.15, 0.2) is 0 Å². The van der Waals surface area contributed by atoms with Crippen LogP contribution in [0.15, 0.2) is 25.3 Å². The summed E-state index contributed by atoms with van der Waals surface area (Å²) < 4.78 is 0. The predicted octanol–water partition coefficient (Wildman–Crippen LogP) is 7.65. The minimum Gasteiger partial charge on any atom is -0.481 e. The largest absolute Gasteiger partial charge is 0.481 e. The zero-order valence-corrected chi connectivity index (χ0v) is 27.8. The molecule has 0 aromatic carbocycles. The van der Waals surface area contributed by atoms with E-state index in [4.69, 9.17) is 14.8 Å². The van der Waals surface area contributed by atoms with Gasteiger partial charge in [0.25, 0.3) is 0 Å². The van der Waals surface area contributed by atoms with Crippen molar-refractivity contribution in [1.29, 1.82) is 0 Å². The summed E-state index contributed by atoms with van der Waals surface area (Å²) in [6, 6.07) is 0. The molecule has 0 unspecified atom stereocenters. The van der Waals surface area contributed by atoms with E-state index >= 15 is 0 Å². The van der Waals surface area contributed by atoms with Crippen LogP contribution in [0.2, 0.25) is 0 Å². The third kappa shape index (κ3) is 8.46. The second kappa shape index (κ2) is 14.4. The number of rotatable bonds is 17. The van der Waals surface area contributed by atoms with E-state index in [-0.39, 0.29) is 40.4 Å². The second-order valence-corrected chi connectivity index (χ2v) is 15.2. The van der Waals surface area contributed by atoms with E-state index in [9.17, 15) is 14.7 Å². The van der Waals surface area contributed by atoms with Crippen molar-refractivity contribution in [3.05, 3.63) is 25.3 Å². The molecule has 2 fully saturated rings. The van der Waals surface area contributed by atoms with Gasteiger partial charge in [0.05, 0.1) is 18.6 Å². The quantitative estimate of drug-likeness (QED) is 0.131. The SMILES string of the molecule is C=CCON1C(C)(C)CC(C(CCCCCCCC(=O)O)(C(=O)O)C2CC(C)(C)N(OCC=C)C(C)(C)C2)CC1(C)C. The van der Waals surface area contributed by atoms with Crippen molar-refractivity contribution in [3.8, 4) is 0 Å². The molecule has 0 aromatic heterocycles. The summed E-state index contributed by atoms with van der Waals surface area (Å²) in [5.74, 6) is -1.55. The fraction of sp³-hybridized carbons (Fsp3) is 0.824. The smallest absolute Gasteiger partial charge is 0.310 e. The number of hydroxylamine groups is 4. The van der Waals surface area contributed by atoms with Gasteiger partial charge < -0.3 is 10.2 Å². The molecular formula is C34H60N2O6. The Labute approximate surface area is 255 Å². The van der Waals surface area contributed by atoms with Gasteiger partial charge in [0.1, 0.15) is 0 Å². The van der Waals surface area contributed by atoms with Crippen molar-refractivity contribution >= 4 is 11.9 Å². The molecule has 8 heteroatoms. The third-order valence-corrected chi connectivity index (χ3v) is 9.66. The van der Waals surface area contributed by atoms with Crippen LogP contribution in [0.5, 0.6) is 0 Å². The van der Waals surface area contributed by atoms with Crippen LogP contribution in [-0.2, 0) is 19.3 Å². The molecule has 0 spiro atoms. The highest BCUT2D eigenvalue weighted by molar-refractivity contribution is 5.76. The zero-order chi connectivity index (χ0) is 32.0. The van der Waals surface area contributed by atoms with E-state index < -0.39 is 17.4 Å². The van der Waals surface area contributed by atoms with Gasteiger partial charge in [-0.2, -0.15) is 10.1 Å². The molecule has 42 heavy (non-hydrogen) atoms. The topological polar surface area (TPSA) is 99.5 Å². The Morgan fingerprint density at radius 2 is 1.07 bits per heavy atom. The van der Waals surface area contributed by atoms with Gasteiger partial charge >= 0.3 is 11.9 Å². The van der Waals surface area contributed by atoms with Crippen molar-refractivity contribution in [3.63, 3.8) is 0 Å². The Bertz CT molecular complexity index is 852. The zero-order valence-electron chi connectivity index (χ0n) is 27.8. The van der Waals surface area contributed by atoms with Crippen LogP contribution in [-0.4, -0.2) is 67.6 Å². The molecule has 2 aliphatic heterocycles. The first-order chi connectivity index (χ1) is 19.4. The van der Waals surface area contributed by atoms with Crippen LogP contribution >= 0.6 is 0 Å². The summed E-state index contributed by atoms with van der Waals surface area (Å²) >= 11 is 0. The average molecular weight is 593 g/mol. The molecule has 2 rings (SSSR count). The minimum atomic E-state index is -0.917. The minimum absolute atomic E-state index is 0.0483. The van der Waals surface area contributed by atoms with Gasteiger partial charge in [-0.15, -0.1) is 13.2 Å². The molecule has 0 saturated carbocycles. The number of hydrogen-bond donors (Lipinski definition) is 2. The van der Waals surface area contributed by atoms with E-state index in [0.717, 1.165) is 25.7 Å². The van der Waals surface area contributed by atoms with Crippen molar-refractivity contribution in [2.24, 2.45) is 17.3 Å². The highest BCUT2D eigenvalue weighted by atomic mass is 16.7. The second-order valence-electron chi connectivity index (χ2n) is 15.2. The molecular weight excluding hydrogens is 532 g/mol. The summed E-state index contributed by atoms with van der Waals surface area (Å²) in [7, 11) is 0. The van der Waals surface area contributed by atoms with Crippen molar-refractivity contribution < 1.29 is 29.5 Å². The van der Waals surface area contributed by atoms with E-state index in [1.807, 2.05) is 0 Å². The molecule has 2 N–H and O–H groups in total. The third-order valence-electron chi connectivity index (χ3n) is 9.66. The number of aliphatic carboxylic acids is 2. The van der Waals surface area contributed by atoms with E-state index in [1.165, 1.54) is 0 Å². The van der Waals surface area contributed by atoms with Crippen molar-refractivity contribution in [2.45, 2.75) is 148 Å². The Kier molecular flexibility index (Phi) is 12.5. The van der Waals surface area contributed by atoms with Crippen molar-refractivity contribution in [1.82, 2.24) is 10.1 Å². The highest BCUT2D eigenvalue weighted by Crippen LogP contribution is 2.58. The Hall–Kier alpha value is -1.74. The first-order valence-electron chi connectivity index (χ1n) is 15.9. The summed E-state index contributed by atoms with van der Waals surface area (Å²) in [6.07, 6.45) is 11.3. The van der Waals surface area contributed by atoms with Gasteiger partial charge in [-0.1, -0.05) is 37.8 Å². The summed E-state index contributed by atoms with van der Waals surface area (Å²) in [5.41, 5.74) is -2.39. The summed E-state index contributed by atoms with van der Waals surface area (Å²) in [5, 5.41) is 24.5. The molecule has 0 amide bonds. The molecule has 0 aliphatic carbocycles. The van der Waals surface area contributed by atoms with Gasteiger partial charge in [-0.3, -0.25) is 19.3 Å². The average Bonchev–Trinajstić information content (AvgIpc) is 2.82. The van der Waals surface area contributed by atoms with Gasteiger partial charge in [-0.05, 0) is 106 Å². The molecule has 0 bridgehead atoms. The maximum absolute atomic E-state index is 13.8. The number of hydrogen-bond acceptors (Lipinski definition) is 6. The lowest BCUT2D eigenvalue weighted by Crippen LogP contribution is -2.67. The molecule has 2 heterocycles.